The lowest BCUT2D eigenvalue weighted by atomic mass is 9.91. The fourth-order valence-electron chi connectivity index (χ4n) is 4.28. The number of carbonyl (C=O) groups is 2. The number of phenols is 1. The van der Waals surface area contributed by atoms with E-state index in [1.54, 1.807) is 38.1 Å². The van der Waals surface area contributed by atoms with E-state index in [2.05, 4.69) is 10.2 Å². The number of carbonyl (C=O) groups excluding carboxylic acids is 2. The summed E-state index contributed by atoms with van der Waals surface area (Å²) >= 11 is 0. The van der Waals surface area contributed by atoms with Gasteiger partial charge in [0.2, 0.25) is 11.9 Å². The van der Waals surface area contributed by atoms with Gasteiger partial charge in [0, 0.05) is 31.9 Å². The van der Waals surface area contributed by atoms with Crippen molar-refractivity contribution in [2.75, 3.05) is 44.3 Å². The average Bonchev–Trinajstić information content (AvgIpc) is 2.86. The summed E-state index contributed by atoms with van der Waals surface area (Å²) in [7, 11) is 0. The Morgan fingerprint density at radius 3 is 2.43 bits per heavy atom. The number of piperazine rings is 1. The molecule has 0 radical (unpaired) electrons. The lowest BCUT2D eigenvalue weighted by Crippen LogP contribution is -2.57. The molecule has 2 aromatic carbocycles. The average molecular weight is 485 g/mol. The molecular weight excluding hydrogens is 455 g/mol. The highest BCUT2D eigenvalue weighted by Crippen LogP contribution is 2.36. The molecule has 9 nitrogen and oxygen atoms in total. The first-order chi connectivity index (χ1) is 16.9. The third-order valence-electron chi connectivity index (χ3n) is 6.03. The highest BCUT2D eigenvalue weighted by molar-refractivity contribution is 6.08. The van der Waals surface area contributed by atoms with Crippen molar-refractivity contribution in [3.05, 3.63) is 53.8 Å². The fourth-order valence-corrected chi connectivity index (χ4v) is 4.28. The number of halogens is 1. The summed E-state index contributed by atoms with van der Waals surface area (Å²) in [5.41, 5.74) is 1.48. The number of hydrogen-bond acceptors (Lipinski definition) is 8. The molecule has 0 bridgehead atoms. The highest BCUT2D eigenvalue weighted by atomic mass is 19.1. The van der Waals surface area contributed by atoms with Crippen molar-refractivity contribution in [2.45, 2.75) is 19.9 Å². The van der Waals surface area contributed by atoms with Gasteiger partial charge >= 0.3 is 5.97 Å². The summed E-state index contributed by atoms with van der Waals surface area (Å²) in [6, 6.07) is 10.2. The Morgan fingerprint density at radius 2 is 1.77 bits per heavy atom. The van der Waals surface area contributed by atoms with Gasteiger partial charge in [-0.25, -0.2) is 9.38 Å². The van der Waals surface area contributed by atoms with E-state index < -0.39 is 23.8 Å². The fraction of sp³-hybridized carbons (Fsp3) is 0.400. The molecule has 35 heavy (non-hydrogen) atoms. The molecule has 2 heterocycles. The minimum Gasteiger partial charge on any atom is -0.504 e. The molecule has 4 rings (SSSR count). The molecule has 0 saturated carbocycles. The van der Waals surface area contributed by atoms with Crippen molar-refractivity contribution in [1.29, 1.82) is 0 Å². The topological polar surface area (TPSA) is 104 Å². The third kappa shape index (κ3) is 5.31. The van der Waals surface area contributed by atoms with Crippen LogP contribution in [0.4, 0.5) is 10.1 Å². The van der Waals surface area contributed by atoms with Crippen molar-refractivity contribution in [2.24, 2.45) is 10.9 Å². The molecular formula is C25H29FN4O5. The van der Waals surface area contributed by atoms with Gasteiger partial charge in [-0.05, 0) is 55.8 Å². The quantitative estimate of drug-likeness (QED) is 0.480. The van der Waals surface area contributed by atoms with Crippen molar-refractivity contribution < 1.29 is 28.6 Å². The van der Waals surface area contributed by atoms with Crippen LogP contribution in [-0.2, 0) is 14.3 Å². The van der Waals surface area contributed by atoms with E-state index in [0.717, 1.165) is 5.69 Å². The minimum absolute atomic E-state index is 0.0373. The first kappa shape index (κ1) is 24.3. The predicted octanol–water partition coefficient (Wildman–Crippen LogP) is 2.46. The summed E-state index contributed by atoms with van der Waals surface area (Å²) in [5, 5.41) is 12.9. The number of esters is 1. The van der Waals surface area contributed by atoms with Gasteiger partial charge < -0.3 is 24.4 Å². The lowest BCUT2D eigenvalue weighted by molar-refractivity contribution is -0.153. The standard InChI is InChI=1S/C25H29FN4O5/c1-3-34-20-15-16(5-10-19(20)31)22-21(24(33)35-4-2)23(32)28-25(27-22)30-13-11-29(12-14-30)18-8-6-17(26)7-9-18/h5-10,15,21-22,31H,3-4,11-14H2,1-2H3,(H,27,28,32)/t21-,22+/m0/s1. The van der Waals surface area contributed by atoms with Crippen LogP contribution in [0.2, 0.25) is 0 Å². The van der Waals surface area contributed by atoms with Gasteiger partial charge in [-0.3, -0.25) is 14.9 Å². The van der Waals surface area contributed by atoms with E-state index in [9.17, 15) is 19.1 Å². The van der Waals surface area contributed by atoms with Gasteiger partial charge in [0.25, 0.3) is 0 Å². The Labute approximate surface area is 203 Å². The number of benzene rings is 2. The Kier molecular flexibility index (Phi) is 7.38. The lowest BCUT2D eigenvalue weighted by Gasteiger charge is -2.39. The molecule has 2 aromatic rings. The van der Waals surface area contributed by atoms with Crippen molar-refractivity contribution >= 4 is 23.5 Å². The summed E-state index contributed by atoms with van der Waals surface area (Å²) in [5.74, 6) is -2.01. The van der Waals surface area contributed by atoms with Crippen LogP contribution in [0.15, 0.2) is 47.5 Å². The van der Waals surface area contributed by atoms with Crippen LogP contribution in [0.1, 0.15) is 25.5 Å². The maximum atomic E-state index is 13.3. The number of aliphatic imine (C=N–C) groups is 1. The predicted molar refractivity (Wildman–Crippen MR) is 128 cm³/mol. The second-order valence-corrected chi connectivity index (χ2v) is 8.23. The van der Waals surface area contributed by atoms with Gasteiger partial charge in [-0.15, -0.1) is 0 Å². The Hall–Kier alpha value is -3.82. The van der Waals surface area contributed by atoms with Crippen LogP contribution in [-0.4, -0.2) is 67.2 Å². The first-order valence-corrected chi connectivity index (χ1v) is 11.7. The number of nitrogens with zero attached hydrogens (tertiary/aromatic N) is 3. The number of amides is 1. The minimum atomic E-state index is -1.17. The van der Waals surface area contributed by atoms with Crippen LogP contribution in [0.25, 0.3) is 0 Å². The van der Waals surface area contributed by atoms with E-state index >= 15 is 0 Å². The maximum Gasteiger partial charge on any atom is 0.321 e. The van der Waals surface area contributed by atoms with E-state index in [4.69, 9.17) is 14.5 Å². The van der Waals surface area contributed by atoms with Gasteiger partial charge in [-0.2, -0.15) is 0 Å². The highest BCUT2D eigenvalue weighted by Gasteiger charge is 2.42. The van der Waals surface area contributed by atoms with E-state index in [1.807, 2.05) is 4.90 Å². The maximum absolute atomic E-state index is 13.3. The monoisotopic (exact) mass is 484 g/mol. The largest absolute Gasteiger partial charge is 0.504 e. The number of nitrogens with one attached hydrogen (secondary N) is 1. The third-order valence-corrected chi connectivity index (χ3v) is 6.03. The molecule has 0 spiro atoms. The zero-order chi connectivity index (χ0) is 24.9. The molecule has 10 heteroatoms. The molecule has 2 N–H and O–H groups in total. The van der Waals surface area contributed by atoms with Gasteiger partial charge in [0.15, 0.2) is 17.4 Å². The number of phenolic OH excluding ortho intramolecular Hbond substituents is 1. The van der Waals surface area contributed by atoms with Crippen LogP contribution < -0.4 is 15.0 Å². The molecule has 2 aliphatic rings. The van der Waals surface area contributed by atoms with Crippen LogP contribution in [0.3, 0.4) is 0 Å². The molecule has 0 unspecified atom stereocenters. The number of hydrogen-bond donors (Lipinski definition) is 2. The summed E-state index contributed by atoms with van der Waals surface area (Å²) < 4.78 is 23.9. The molecule has 1 amide bonds. The number of anilines is 1. The number of guanidine groups is 1. The van der Waals surface area contributed by atoms with Crippen molar-refractivity contribution in [1.82, 2.24) is 10.2 Å². The molecule has 2 aliphatic heterocycles. The molecule has 2 atom stereocenters. The van der Waals surface area contributed by atoms with Crippen LogP contribution in [0.5, 0.6) is 11.5 Å². The van der Waals surface area contributed by atoms with Gasteiger partial charge in [-0.1, -0.05) is 6.07 Å². The summed E-state index contributed by atoms with van der Waals surface area (Å²) in [6.07, 6.45) is 0. The second-order valence-electron chi connectivity index (χ2n) is 8.23. The molecule has 1 saturated heterocycles. The normalized spacial score (nSPS) is 20.2. The first-order valence-electron chi connectivity index (χ1n) is 11.7. The Bertz CT molecular complexity index is 1100. The Balaban J connectivity index is 1.59. The van der Waals surface area contributed by atoms with E-state index in [-0.39, 0.29) is 23.9 Å². The Morgan fingerprint density at radius 1 is 1.09 bits per heavy atom. The molecule has 1 fully saturated rings. The summed E-state index contributed by atoms with van der Waals surface area (Å²) in [4.78, 5) is 34.6. The number of ether oxygens (including phenoxy) is 2. The van der Waals surface area contributed by atoms with E-state index in [0.29, 0.717) is 44.3 Å². The van der Waals surface area contributed by atoms with Crippen molar-refractivity contribution in [3.8, 4) is 11.5 Å². The molecule has 186 valence electrons. The summed E-state index contributed by atoms with van der Waals surface area (Å²) in [6.45, 7) is 6.41. The van der Waals surface area contributed by atoms with Crippen molar-refractivity contribution in [3.63, 3.8) is 0 Å². The van der Waals surface area contributed by atoms with Crippen LogP contribution >= 0.6 is 0 Å². The van der Waals surface area contributed by atoms with Gasteiger partial charge in [0.05, 0.1) is 13.2 Å². The number of rotatable bonds is 6. The van der Waals surface area contributed by atoms with E-state index in [1.165, 1.54) is 18.2 Å². The second kappa shape index (κ2) is 10.6. The van der Waals surface area contributed by atoms with Gasteiger partial charge in [0.1, 0.15) is 11.9 Å². The smallest absolute Gasteiger partial charge is 0.321 e. The zero-order valence-electron chi connectivity index (χ0n) is 19.7. The van der Waals surface area contributed by atoms with Crippen LogP contribution in [0, 0.1) is 11.7 Å². The molecule has 0 aliphatic carbocycles. The zero-order valence-corrected chi connectivity index (χ0v) is 19.7. The number of aromatic hydroxyl groups is 1. The molecule has 0 aromatic heterocycles. The SMILES string of the molecule is CCOC(=O)[C@@H]1C(=O)NC(N2CCN(c3ccc(F)cc3)CC2)=N[C@@H]1c1ccc(O)c(OCC)c1.